The molecule has 0 aromatic heterocycles. The summed E-state index contributed by atoms with van der Waals surface area (Å²) < 4.78 is 10.6. The lowest BCUT2D eigenvalue weighted by Gasteiger charge is -2.38. The summed E-state index contributed by atoms with van der Waals surface area (Å²) in [5.41, 5.74) is 4.88. The first-order valence-electron chi connectivity index (χ1n) is 9.12. The Kier molecular flexibility index (Phi) is 6.06. The van der Waals surface area contributed by atoms with E-state index in [0.29, 0.717) is 0 Å². The number of benzene rings is 2. The van der Waals surface area contributed by atoms with Crippen LogP contribution in [0.4, 0.5) is 11.4 Å². The lowest BCUT2D eigenvalue weighted by atomic mass is 10.1. The van der Waals surface area contributed by atoms with Crippen LogP contribution in [0.3, 0.4) is 0 Å². The van der Waals surface area contributed by atoms with Crippen LogP contribution in [-0.2, 0) is 0 Å². The Morgan fingerprint density at radius 3 is 2.19 bits per heavy atom. The van der Waals surface area contributed by atoms with Gasteiger partial charge in [-0.05, 0) is 43.3 Å². The van der Waals surface area contributed by atoms with Crippen molar-refractivity contribution in [2.45, 2.75) is 13.8 Å². The van der Waals surface area contributed by atoms with Crippen LogP contribution in [0.2, 0.25) is 0 Å². The van der Waals surface area contributed by atoms with E-state index in [4.69, 9.17) is 21.7 Å². The standard InChI is InChI=1S/C21H27N3O2S/c1-15-6-5-7-20(16(15)2)23-8-10-24(11-9-23)21(27)22-17-12-18(25-3)14-19(13-17)26-4/h5-7,12-14H,8-11H2,1-4H3,(H,22,27). The predicted molar refractivity (Wildman–Crippen MR) is 115 cm³/mol. The van der Waals surface area contributed by atoms with Gasteiger partial charge in [-0.25, -0.2) is 0 Å². The van der Waals surface area contributed by atoms with Gasteiger partial charge in [0.15, 0.2) is 5.11 Å². The molecule has 144 valence electrons. The van der Waals surface area contributed by atoms with E-state index in [1.807, 2.05) is 18.2 Å². The highest BCUT2D eigenvalue weighted by molar-refractivity contribution is 7.80. The van der Waals surface area contributed by atoms with Gasteiger partial charge in [0.2, 0.25) is 0 Å². The molecule has 0 atom stereocenters. The third-order valence-corrected chi connectivity index (χ3v) is 5.45. The van der Waals surface area contributed by atoms with Crippen molar-refractivity contribution < 1.29 is 9.47 Å². The molecule has 3 rings (SSSR count). The summed E-state index contributed by atoms with van der Waals surface area (Å²) >= 11 is 5.63. The van der Waals surface area contributed by atoms with Crippen LogP contribution in [0.25, 0.3) is 0 Å². The zero-order valence-corrected chi connectivity index (χ0v) is 17.2. The SMILES string of the molecule is COc1cc(NC(=S)N2CCN(c3cccc(C)c3C)CC2)cc(OC)c1. The van der Waals surface area contributed by atoms with E-state index in [1.165, 1.54) is 16.8 Å². The molecule has 6 heteroatoms. The molecule has 0 unspecified atom stereocenters. The number of anilines is 2. The summed E-state index contributed by atoms with van der Waals surface area (Å²) in [6.07, 6.45) is 0. The Morgan fingerprint density at radius 2 is 1.59 bits per heavy atom. The van der Waals surface area contributed by atoms with Gasteiger partial charge in [-0.3, -0.25) is 0 Å². The molecule has 2 aromatic rings. The molecule has 1 aliphatic rings. The van der Waals surface area contributed by atoms with Gasteiger partial charge in [0.1, 0.15) is 11.5 Å². The number of rotatable bonds is 4. The van der Waals surface area contributed by atoms with Crippen molar-refractivity contribution in [3.63, 3.8) is 0 Å². The van der Waals surface area contributed by atoms with Crippen LogP contribution in [0.1, 0.15) is 11.1 Å². The topological polar surface area (TPSA) is 37.0 Å². The van der Waals surface area contributed by atoms with Crippen LogP contribution >= 0.6 is 12.2 Å². The second-order valence-corrected chi connectivity index (χ2v) is 7.11. The predicted octanol–water partition coefficient (Wildman–Crippen LogP) is 3.84. The third kappa shape index (κ3) is 4.45. The van der Waals surface area contributed by atoms with Crippen molar-refractivity contribution in [3.05, 3.63) is 47.5 Å². The molecular formula is C21H27N3O2S. The molecule has 1 heterocycles. The Bertz CT molecular complexity index is 795. The highest BCUT2D eigenvalue weighted by atomic mass is 32.1. The number of nitrogens with one attached hydrogen (secondary N) is 1. The van der Waals surface area contributed by atoms with Crippen molar-refractivity contribution in [1.82, 2.24) is 4.90 Å². The maximum atomic E-state index is 5.63. The molecule has 1 aliphatic heterocycles. The summed E-state index contributed by atoms with van der Waals surface area (Å²) in [5, 5.41) is 4.04. The van der Waals surface area contributed by atoms with E-state index in [-0.39, 0.29) is 0 Å². The number of hydrogen-bond acceptors (Lipinski definition) is 4. The smallest absolute Gasteiger partial charge is 0.173 e. The first kappa shape index (κ1) is 19.3. The van der Waals surface area contributed by atoms with Gasteiger partial charge >= 0.3 is 0 Å². The van der Waals surface area contributed by atoms with Crippen LogP contribution in [0, 0.1) is 13.8 Å². The number of aryl methyl sites for hydroxylation is 1. The first-order valence-corrected chi connectivity index (χ1v) is 9.53. The van der Waals surface area contributed by atoms with Gasteiger partial charge in [-0.15, -0.1) is 0 Å². The molecule has 0 saturated carbocycles. The minimum atomic E-state index is 0.728. The lowest BCUT2D eigenvalue weighted by Crippen LogP contribution is -2.50. The molecular weight excluding hydrogens is 358 g/mol. The van der Waals surface area contributed by atoms with Gasteiger partial charge in [-0.2, -0.15) is 0 Å². The molecule has 5 nitrogen and oxygen atoms in total. The summed E-state index contributed by atoms with van der Waals surface area (Å²) in [6.45, 7) is 8.04. The number of ether oxygens (including phenoxy) is 2. The molecule has 0 radical (unpaired) electrons. The fourth-order valence-electron chi connectivity index (χ4n) is 3.31. The van der Waals surface area contributed by atoms with E-state index in [9.17, 15) is 0 Å². The van der Waals surface area contributed by atoms with Gasteiger partial charge in [0.05, 0.1) is 14.2 Å². The zero-order valence-electron chi connectivity index (χ0n) is 16.4. The number of piperazine rings is 1. The monoisotopic (exact) mass is 385 g/mol. The number of thiocarbonyl (C=S) groups is 1. The Labute approximate surface area is 166 Å². The van der Waals surface area contributed by atoms with E-state index in [0.717, 1.165) is 48.5 Å². The molecule has 1 saturated heterocycles. The molecule has 0 amide bonds. The van der Waals surface area contributed by atoms with Crippen LogP contribution in [-0.4, -0.2) is 50.4 Å². The Morgan fingerprint density at radius 1 is 0.963 bits per heavy atom. The van der Waals surface area contributed by atoms with Crippen LogP contribution in [0.5, 0.6) is 11.5 Å². The first-order chi connectivity index (χ1) is 13.0. The van der Waals surface area contributed by atoms with Crippen LogP contribution < -0.4 is 19.7 Å². The van der Waals surface area contributed by atoms with Crippen molar-refractivity contribution in [2.24, 2.45) is 0 Å². The summed E-state index contributed by atoms with van der Waals surface area (Å²) in [7, 11) is 3.28. The minimum absolute atomic E-state index is 0.728. The highest BCUT2D eigenvalue weighted by Crippen LogP contribution is 2.27. The average Bonchev–Trinajstić information content (AvgIpc) is 2.69. The van der Waals surface area contributed by atoms with Crippen molar-refractivity contribution in [3.8, 4) is 11.5 Å². The summed E-state index contributed by atoms with van der Waals surface area (Å²) in [5.74, 6) is 1.47. The zero-order chi connectivity index (χ0) is 19.4. The molecule has 0 spiro atoms. The second kappa shape index (κ2) is 8.48. The maximum absolute atomic E-state index is 5.63. The summed E-state index contributed by atoms with van der Waals surface area (Å²) in [6, 6.07) is 12.2. The maximum Gasteiger partial charge on any atom is 0.173 e. The van der Waals surface area contributed by atoms with E-state index >= 15 is 0 Å². The van der Waals surface area contributed by atoms with Crippen molar-refractivity contribution >= 4 is 28.7 Å². The quantitative estimate of drug-likeness (QED) is 0.806. The molecule has 1 fully saturated rings. The molecule has 1 N–H and O–H groups in total. The van der Waals surface area contributed by atoms with Gasteiger partial charge in [-0.1, -0.05) is 12.1 Å². The molecule has 27 heavy (non-hydrogen) atoms. The fourth-order valence-corrected chi connectivity index (χ4v) is 3.61. The molecule has 0 bridgehead atoms. The van der Waals surface area contributed by atoms with Crippen molar-refractivity contribution in [1.29, 1.82) is 0 Å². The Balaban J connectivity index is 1.63. The largest absolute Gasteiger partial charge is 0.497 e. The number of methoxy groups -OCH3 is 2. The lowest BCUT2D eigenvalue weighted by molar-refractivity contribution is 0.390. The number of hydrogen-bond donors (Lipinski definition) is 1. The fraction of sp³-hybridized carbons (Fsp3) is 0.381. The van der Waals surface area contributed by atoms with Gasteiger partial charge < -0.3 is 24.6 Å². The summed E-state index contributed by atoms with van der Waals surface area (Å²) in [4.78, 5) is 4.65. The third-order valence-electron chi connectivity index (χ3n) is 5.09. The average molecular weight is 386 g/mol. The van der Waals surface area contributed by atoms with Crippen LogP contribution in [0.15, 0.2) is 36.4 Å². The highest BCUT2D eigenvalue weighted by Gasteiger charge is 2.20. The number of nitrogens with zero attached hydrogens (tertiary/aromatic N) is 2. The van der Waals surface area contributed by atoms with Gasteiger partial charge in [0, 0.05) is 55.8 Å². The van der Waals surface area contributed by atoms with E-state index in [2.05, 4.69) is 47.2 Å². The van der Waals surface area contributed by atoms with Gasteiger partial charge in [0.25, 0.3) is 0 Å². The Hall–Kier alpha value is -2.47. The van der Waals surface area contributed by atoms with E-state index < -0.39 is 0 Å². The normalized spacial score (nSPS) is 14.1. The van der Waals surface area contributed by atoms with Crippen molar-refractivity contribution in [2.75, 3.05) is 50.6 Å². The second-order valence-electron chi connectivity index (χ2n) is 6.72. The molecule has 0 aliphatic carbocycles. The van der Waals surface area contributed by atoms with E-state index in [1.54, 1.807) is 14.2 Å². The minimum Gasteiger partial charge on any atom is -0.497 e. The molecule has 2 aromatic carbocycles.